The maximum Gasteiger partial charge on any atom is 0.340 e. The summed E-state index contributed by atoms with van der Waals surface area (Å²) >= 11 is 0. The molecule has 0 saturated heterocycles. The second kappa shape index (κ2) is 5.32. The normalized spacial score (nSPS) is 10.6. The monoisotopic (exact) mass is 281 g/mol. The van der Waals surface area contributed by atoms with Crippen molar-refractivity contribution in [1.82, 2.24) is 4.98 Å². The summed E-state index contributed by atoms with van der Waals surface area (Å²) in [4.78, 5) is 16.4. The van der Waals surface area contributed by atoms with Gasteiger partial charge >= 0.3 is 5.97 Å². The van der Waals surface area contributed by atoms with Crippen molar-refractivity contribution in [2.75, 3.05) is 7.11 Å². The number of fused-ring (bicyclic) bond motifs is 1. The molecule has 4 heteroatoms. The second-order valence-corrected chi connectivity index (χ2v) is 4.55. The van der Waals surface area contributed by atoms with Crippen LogP contribution in [0, 0.1) is 5.82 Å². The molecule has 1 aromatic heterocycles. The van der Waals surface area contributed by atoms with Crippen molar-refractivity contribution in [1.29, 1.82) is 0 Å². The van der Waals surface area contributed by atoms with E-state index in [9.17, 15) is 9.18 Å². The van der Waals surface area contributed by atoms with Crippen LogP contribution in [0.15, 0.2) is 54.6 Å². The first-order valence-corrected chi connectivity index (χ1v) is 6.43. The topological polar surface area (TPSA) is 39.2 Å². The molecule has 3 rings (SSSR count). The lowest BCUT2D eigenvalue weighted by Gasteiger charge is -2.09. The number of halogens is 1. The van der Waals surface area contributed by atoms with Crippen LogP contribution in [0.5, 0.6) is 0 Å². The Hall–Kier alpha value is -2.75. The van der Waals surface area contributed by atoms with Gasteiger partial charge in [0.2, 0.25) is 0 Å². The molecule has 104 valence electrons. The summed E-state index contributed by atoms with van der Waals surface area (Å²) in [5.41, 5.74) is 2.02. The molecular formula is C17H12FNO2. The van der Waals surface area contributed by atoms with E-state index in [1.165, 1.54) is 19.2 Å². The Morgan fingerprint density at radius 1 is 1.10 bits per heavy atom. The Bertz CT molecular complexity index is 816. The van der Waals surface area contributed by atoms with Gasteiger partial charge in [0.15, 0.2) is 0 Å². The van der Waals surface area contributed by atoms with Gasteiger partial charge in [0, 0.05) is 10.9 Å². The average Bonchev–Trinajstić information content (AvgIpc) is 2.54. The van der Waals surface area contributed by atoms with Crippen LogP contribution >= 0.6 is 0 Å². The van der Waals surface area contributed by atoms with Crippen LogP contribution in [0.25, 0.3) is 22.2 Å². The number of hydrogen-bond acceptors (Lipinski definition) is 3. The van der Waals surface area contributed by atoms with Crippen LogP contribution in [0.3, 0.4) is 0 Å². The Kier molecular flexibility index (Phi) is 3.36. The highest BCUT2D eigenvalue weighted by Crippen LogP contribution is 2.27. The van der Waals surface area contributed by atoms with Crippen molar-refractivity contribution in [3.8, 4) is 11.3 Å². The first-order valence-electron chi connectivity index (χ1n) is 6.43. The summed E-state index contributed by atoms with van der Waals surface area (Å²) < 4.78 is 18.7. The molecule has 0 aliphatic carbocycles. The number of carbonyl (C=O) groups is 1. The van der Waals surface area contributed by atoms with Gasteiger partial charge in [-0.3, -0.25) is 0 Å². The molecule has 0 atom stereocenters. The zero-order valence-corrected chi connectivity index (χ0v) is 11.3. The summed E-state index contributed by atoms with van der Waals surface area (Å²) in [5.74, 6) is -0.948. The summed E-state index contributed by atoms with van der Waals surface area (Å²) in [6, 6.07) is 15.4. The van der Waals surface area contributed by atoms with Gasteiger partial charge in [-0.15, -0.1) is 0 Å². The molecule has 0 spiro atoms. The molecule has 0 bridgehead atoms. The van der Waals surface area contributed by atoms with Crippen LogP contribution in [0.1, 0.15) is 10.4 Å². The highest BCUT2D eigenvalue weighted by molar-refractivity contribution is 6.00. The molecule has 0 saturated carbocycles. The van der Waals surface area contributed by atoms with Crippen molar-refractivity contribution in [3.05, 3.63) is 66.0 Å². The van der Waals surface area contributed by atoms with Crippen molar-refractivity contribution in [2.24, 2.45) is 0 Å². The quantitative estimate of drug-likeness (QED) is 0.670. The lowest BCUT2D eigenvalue weighted by molar-refractivity contribution is 0.0601. The fourth-order valence-corrected chi connectivity index (χ4v) is 2.24. The number of esters is 1. The van der Waals surface area contributed by atoms with E-state index in [4.69, 9.17) is 4.74 Å². The molecular weight excluding hydrogens is 269 g/mol. The molecule has 0 aliphatic rings. The molecule has 2 aromatic carbocycles. The SMILES string of the molecule is COC(=O)c1cc2c(F)cccc2nc1-c1ccccc1. The standard InChI is InChI=1S/C17H12FNO2/c1-21-17(20)13-10-12-14(18)8-5-9-15(12)19-16(13)11-6-3-2-4-7-11/h2-10H,1H3. The van der Waals surface area contributed by atoms with Gasteiger partial charge in [-0.2, -0.15) is 0 Å². The first kappa shape index (κ1) is 13.2. The van der Waals surface area contributed by atoms with Crippen molar-refractivity contribution < 1.29 is 13.9 Å². The molecule has 21 heavy (non-hydrogen) atoms. The number of hydrogen-bond donors (Lipinski definition) is 0. The van der Waals surface area contributed by atoms with E-state index in [2.05, 4.69) is 4.98 Å². The van der Waals surface area contributed by atoms with Crippen molar-refractivity contribution in [3.63, 3.8) is 0 Å². The van der Waals surface area contributed by atoms with Gasteiger partial charge in [-0.25, -0.2) is 14.2 Å². The molecule has 0 unspecified atom stereocenters. The predicted octanol–water partition coefficient (Wildman–Crippen LogP) is 3.83. The third-order valence-corrected chi connectivity index (χ3v) is 3.26. The summed E-state index contributed by atoms with van der Waals surface area (Å²) in [5, 5.41) is 0.303. The molecule has 1 heterocycles. The lowest BCUT2D eigenvalue weighted by Crippen LogP contribution is -2.06. The van der Waals surface area contributed by atoms with E-state index in [0.29, 0.717) is 16.6 Å². The minimum atomic E-state index is -0.536. The maximum absolute atomic E-state index is 13.9. The highest BCUT2D eigenvalue weighted by atomic mass is 19.1. The van der Waals surface area contributed by atoms with Crippen LogP contribution in [-0.2, 0) is 4.74 Å². The summed E-state index contributed by atoms with van der Waals surface area (Å²) in [6.07, 6.45) is 0. The molecule has 0 N–H and O–H groups in total. The number of rotatable bonds is 2. The number of carbonyl (C=O) groups excluding carboxylic acids is 1. The van der Waals surface area contributed by atoms with Crippen LogP contribution in [-0.4, -0.2) is 18.1 Å². The highest BCUT2D eigenvalue weighted by Gasteiger charge is 2.17. The van der Waals surface area contributed by atoms with Gasteiger partial charge in [0.25, 0.3) is 0 Å². The van der Waals surface area contributed by atoms with E-state index in [-0.39, 0.29) is 5.56 Å². The first-order chi connectivity index (χ1) is 10.2. The number of methoxy groups -OCH3 is 1. The maximum atomic E-state index is 13.9. The minimum Gasteiger partial charge on any atom is -0.465 e. The van der Waals surface area contributed by atoms with Crippen molar-refractivity contribution in [2.45, 2.75) is 0 Å². The fraction of sp³-hybridized carbons (Fsp3) is 0.0588. The van der Waals surface area contributed by atoms with Gasteiger partial charge < -0.3 is 4.74 Å². The van der Waals surface area contributed by atoms with E-state index >= 15 is 0 Å². The number of benzene rings is 2. The van der Waals surface area contributed by atoms with Gasteiger partial charge in [-0.05, 0) is 18.2 Å². The Morgan fingerprint density at radius 2 is 1.86 bits per heavy atom. The zero-order valence-electron chi connectivity index (χ0n) is 11.3. The van der Waals surface area contributed by atoms with Crippen LogP contribution in [0.2, 0.25) is 0 Å². The summed E-state index contributed by atoms with van der Waals surface area (Å²) in [6.45, 7) is 0. The Morgan fingerprint density at radius 3 is 2.57 bits per heavy atom. The molecule has 3 aromatic rings. The lowest BCUT2D eigenvalue weighted by atomic mass is 10.0. The molecule has 0 amide bonds. The number of pyridine rings is 1. The van der Waals surface area contributed by atoms with E-state index in [0.717, 1.165) is 5.56 Å². The predicted molar refractivity (Wildman–Crippen MR) is 78.5 cm³/mol. The van der Waals surface area contributed by atoms with E-state index in [1.54, 1.807) is 12.1 Å². The largest absolute Gasteiger partial charge is 0.465 e. The van der Waals surface area contributed by atoms with Crippen molar-refractivity contribution >= 4 is 16.9 Å². The molecule has 3 nitrogen and oxygen atoms in total. The van der Waals surface area contributed by atoms with E-state index in [1.807, 2.05) is 30.3 Å². The van der Waals surface area contributed by atoms with Crippen LogP contribution < -0.4 is 0 Å². The van der Waals surface area contributed by atoms with E-state index < -0.39 is 11.8 Å². The van der Waals surface area contributed by atoms with Gasteiger partial charge in [0.1, 0.15) is 5.82 Å². The second-order valence-electron chi connectivity index (χ2n) is 4.55. The summed E-state index contributed by atoms with van der Waals surface area (Å²) in [7, 11) is 1.29. The Labute approximate surface area is 121 Å². The smallest absolute Gasteiger partial charge is 0.340 e. The minimum absolute atomic E-state index is 0.251. The van der Waals surface area contributed by atoms with Gasteiger partial charge in [0.05, 0.1) is 23.9 Å². The van der Waals surface area contributed by atoms with Gasteiger partial charge in [-0.1, -0.05) is 36.4 Å². The Balaban J connectivity index is 2.34. The average molecular weight is 281 g/mol. The molecule has 0 radical (unpaired) electrons. The third kappa shape index (κ3) is 2.36. The molecule has 0 aliphatic heterocycles. The van der Waals surface area contributed by atoms with Crippen LogP contribution in [0.4, 0.5) is 4.39 Å². The third-order valence-electron chi connectivity index (χ3n) is 3.26. The molecule has 0 fully saturated rings. The fourth-order valence-electron chi connectivity index (χ4n) is 2.24. The number of aromatic nitrogens is 1. The zero-order chi connectivity index (χ0) is 14.8. The number of ether oxygens (including phenoxy) is 1. The number of nitrogens with zero attached hydrogens (tertiary/aromatic N) is 1.